The summed E-state index contributed by atoms with van der Waals surface area (Å²) in [5, 5.41) is 0. The Morgan fingerprint density at radius 1 is 1.32 bits per heavy atom. The summed E-state index contributed by atoms with van der Waals surface area (Å²) >= 11 is 0. The lowest BCUT2D eigenvalue weighted by molar-refractivity contribution is 0.0658. The standard InChI is InChI=1S/C15H22N2O2/c16-9-12-8-11-4-1-2-6-14(11)17-15(12)19-10-13-5-3-7-18-13/h8,13H,1-7,9-10,16H2. The largest absolute Gasteiger partial charge is 0.475 e. The van der Waals surface area contributed by atoms with Crippen LogP contribution in [0, 0.1) is 0 Å². The van der Waals surface area contributed by atoms with Gasteiger partial charge in [0.05, 0.1) is 6.10 Å². The van der Waals surface area contributed by atoms with E-state index in [9.17, 15) is 0 Å². The zero-order valence-corrected chi connectivity index (χ0v) is 11.4. The quantitative estimate of drug-likeness (QED) is 0.901. The summed E-state index contributed by atoms with van der Waals surface area (Å²) in [5.74, 6) is 0.721. The Morgan fingerprint density at radius 2 is 2.21 bits per heavy atom. The Kier molecular flexibility index (Phi) is 3.99. The van der Waals surface area contributed by atoms with E-state index in [1.165, 1.54) is 24.1 Å². The zero-order valence-electron chi connectivity index (χ0n) is 11.4. The van der Waals surface area contributed by atoms with Crippen molar-refractivity contribution in [2.45, 2.75) is 51.2 Å². The van der Waals surface area contributed by atoms with Gasteiger partial charge in [0, 0.05) is 24.4 Å². The Labute approximate surface area is 114 Å². The second-order valence-corrected chi connectivity index (χ2v) is 5.42. The van der Waals surface area contributed by atoms with Crippen LogP contribution in [0.5, 0.6) is 5.88 Å². The molecule has 19 heavy (non-hydrogen) atoms. The maximum Gasteiger partial charge on any atom is 0.218 e. The van der Waals surface area contributed by atoms with Crippen LogP contribution in [-0.2, 0) is 24.1 Å². The van der Waals surface area contributed by atoms with E-state index < -0.39 is 0 Å². The summed E-state index contributed by atoms with van der Waals surface area (Å²) in [6, 6.07) is 2.19. The Bertz CT molecular complexity index is 442. The van der Waals surface area contributed by atoms with Crippen LogP contribution in [0.15, 0.2) is 6.07 Å². The zero-order chi connectivity index (χ0) is 13.1. The Morgan fingerprint density at radius 3 is 3.00 bits per heavy atom. The molecule has 1 atom stereocenters. The molecule has 0 bridgehead atoms. The van der Waals surface area contributed by atoms with Gasteiger partial charge in [-0.25, -0.2) is 4.98 Å². The molecule has 0 aromatic carbocycles. The summed E-state index contributed by atoms with van der Waals surface area (Å²) in [6.07, 6.45) is 7.13. The number of nitrogens with zero attached hydrogens (tertiary/aromatic N) is 1. The molecule has 1 saturated heterocycles. The topological polar surface area (TPSA) is 57.4 Å². The number of aryl methyl sites for hydroxylation is 2. The summed E-state index contributed by atoms with van der Waals surface area (Å²) in [4.78, 5) is 4.69. The first kappa shape index (κ1) is 12.9. The van der Waals surface area contributed by atoms with Crippen molar-refractivity contribution in [3.8, 4) is 5.88 Å². The maximum atomic E-state index is 5.86. The number of aromatic nitrogens is 1. The third-order valence-electron chi connectivity index (χ3n) is 3.99. The van der Waals surface area contributed by atoms with Crippen LogP contribution >= 0.6 is 0 Å². The van der Waals surface area contributed by atoms with Crippen molar-refractivity contribution in [2.75, 3.05) is 13.2 Å². The fraction of sp³-hybridized carbons (Fsp3) is 0.667. The maximum absolute atomic E-state index is 5.86. The van der Waals surface area contributed by atoms with Crippen LogP contribution in [0.2, 0.25) is 0 Å². The highest BCUT2D eigenvalue weighted by molar-refractivity contribution is 5.35. The fourth-order valence-electron chi connectivity index (χ4n) is 2.88. The highest BCUT2D eigenvalue weighted by Gasteiger charge is 2.19. The predicted octanol–water partition coefficient (Wildman–Crippen LogP) is 1.98. The molecule has 4 nitrogen and oxygen atoms in total. The van der Waals surface area contributed by atoms with Gasteiger partial charge in [0.25, 0.3) is 0 Å². The molecule has 1 fully saturated rings. The minimum Gasteiger partial charge on any atom is -0.475 e. The minimum absolute atomic E-state index is 0.225. The molecule has 0 spiro atoms. The van der Waals surface area contributed by atoms with E-state index in [1.807, 2.05) is 0 Å². The van der Waals surface area contributed by atoms with Gasteiger partial charge in [0.2, 0.25) is 5.88 Å². The lowest BCUT2D eigenvalue weighted by atomic mass is 9.95. The van der Waals surface area contributed by atoms with Crippen LogP contribution in [0.3, 0.4) is 0 Å². The minimum atomic E-state index is 0.225. The molecule has 0 amide bonds. The van der Waals surface area contributed by atoms with Gasteiger partial charge >= 0.3 is 0 Å². The van der Waals surface area contributed by atoms with Gasteiger partial charge in [-0.15, -0.1) is 0 Å². The predicted molar refractivity (Wildman–Crippen MR) is 73.2 cm³/mol. The van der Waals surface area contributed by atoms with Gasteiger partial charge in [-0.2, -0.15) is 0 Å². The van der Waals surface area contributed by atoms with Gasteiger partial charge in [-0.3, -0.25) is 0 Å². The highest BCUT2D eigenvalue weighted by atomic mass is 16.5. The first-order valence-corrected chi connectivity index (χ1v) is 7.33. The average Bonchev–Trinajstić information content (AvgIpc) is 2.97. The molecular formula is C15H22N2O2. The molecule has 1 aliphatic heterocycles. The average molecular weight is 262 g/mol. The number of fused-ring (bicyclic) bond motifs is 1. The highest BCUT2D eigenvalue weighted by Crippen LogP contribution is 2.26. The SMILES string of the molecule is NCc1cc2c(nc1OCC1CCCO1)CCCC2. The Balaban J connectivity index is 1.74. The molecule has 3 rings (SSSR count). The number of hydrogen-bond acceptors (Lipinski definition) is 4. The van der Waals surface area contributed by atoms with Crippen molar-refractivity contribution in [2.24, 2.45) is 5.73 Å². The summed E-state index contributed by atoms with van der Waals surface area (Å²) in [5.41, 5.74) is 9.40. The summed E-state index contributed by atoms with van der Waals surface area (Å²) in [7, 11) is 0. The van der Waals surface area contributed by atoms with Crippen LogP contribution < -0.4 is 10.5 Å². The normalized spacial score (nSPS) is 22.3. The molecule has 1 aromatic heterocycles. The number of hydrogen-bond donors (Lipinski definition) is 1. The monoisotopic (exact) mass is 262 g/mol. The van der Waals surface area contributed by atoms with Gasteiger partial charge in [0.15, 0.2) is 0 Å². The van der Waals surface area contributed by atoms with Crippen molar-refractivity contribution in [1.82, 2.24) is 4.98 Å². The molecule has 2 heterocycles. The third-order valence-corrected chi connectivity index (χ3v) is 3.99. The molecule has 2 N–H and O–H groups in total. The van der Waals surface area contributed by atoms with Crippen molar-refractivity contribution in [3.63, 3.8) is 0 Å². The second kappa shape index (κ2) is 5.88. The lowest BCUT2D eigenvalue weighted by Crippen LogP contribution is -2.19. The number of nitrogens with two attached hydrogens (primary N) is 1. The first-order chi connectivity index (χ1) is 9.36. The van der Waals surface area contributed by atoms with E-state index in [0.717, 1.165) is 43.7 Å². The van der Waals surface area contributed by atoms with Crippen LogP contribution in [0.1, 0.15) is 42.5 Å². The van der Waals surface area contributed by atoms with Crippen molar-refractivity contribution in [3.05, 3.63) is 22.9 Å². The smallest absolute Gasteiger partial charge is 0.218 e. The van der Waals surface area contributed by atoms with Crippen molar-refractivity contribution >= 4 is 0 Å². The fourth-order valence-corrected chi connectivity index (χ4v) is 2.88. The second-order valence-electron chi connectivity index (χ2n) is 5.42. The number of pyridine rings is 1. The molecule has 4 heteroatoms. The van der Waals surface area contributed by atoms with Crippen LogP contribution in [0.25, 0.3) is 0 Å². The molecular weight excluding hydrogens is 240 g/mol. The molecule has 104 valence electrons. The van der Waals surface area contributed by atoms with E-state index in [4.69, 9.17) is 15.2 Å². The van der Waals surface area contributed by atoms with Gasteiger partial charge in [-0.05, 0) is 50.2 Å². The lowest BCUT2D eigenvalue weighted by Gasteiger charge is -2.19. The van der Waals surface area contributed by atoms with E-state index in [-0.39, 0.29) is 6.10 Å². The first-order valence-electron chi connectivity index (χ1n) is 7.33. The van der Waals surface area contributed by atoms with E-state index >= 15 is 0 Å². The van der Waals surface area contributed by atoms with Crippen LogP contribution in [-0.4, -0.2) is 24.3 Å². The summed E-state index contributed by atoms with van der Waals surface area (Å²) < 4.78 is 11.4. The third kappa shape index (κ3) is 2.90. The van der Waals surface area contributed by atoms with Crippen molar-refractivity contribution in [1.29, 1.82) is 0 Å². The molecule has 0 saturated carbocycles. The molecule has 1 aromatic rings. The van der Waals surface area contributed by atoms with Gasteiger partial charge < -0.3 is 15.2 Å². The van der Waals surface area contributed by atoms with E-state index in [0.29, 0.717) is 13.2 Å². The molecule has 0 radical (unpaired) electrons. The van der Waals surface area contributed by atoms with Gasteiger partial charge in [-0.1, -0.05) is 0 Å². The van der Waals surface area contributed by atoms with E-state index in [2.05, 4.69) is 11.1 Å². The van der Waals surface area contributed by atoms with Gasteiger partial charge in [0.1, 0.15) is 6.61 Å². The van der Waals surface area contributed by atoms with Crippen LogP contribution in [0.4, 0.5) is 0 Å². The molecule has 1 aliphatic carbocycles. The molecule has 2 aliphatic rings. The Hall–Kier alpha value is -1.13. The molecule has 1 unspecified atom stereocenters. The summed E-state index contributed by atoms with van der Waals surface area (Å²) in [6.45, 7) is 1.94. The number of rotatable bonds is 4. The van der Waals surface area contributed by atoms with Crippen molar-refractivity contribution < 1.29 is 9.47 Å². The number of ether oxygens (including phenoxy) is 2. The van der Waals surface area contributed by atoms with E-state index in [1.54, 1.807) is 0 Å².